The molecule has 1 aromatic heterocycles. The predicted octanol–water partition coefficient (Wildman–Crippen LogP) is 0.424. The van der Waals surface area contributed by atoms with Crippen LogP contribution in [0.3, 0.4) is 0 Å². The van der Waals surface area contributed by atoms with E-state index in [-0.39, 0.29) is 5.56 Å². The summed E-state index contributed by atoms with van der Waals surface area (Å²) in [5.41, 5.74) is 1.18. The number of amides is 1. The SMILES string of the molecule is O=CN1C[C@@H]2C[C@H](C1)c1cccc(=O)n1C2. The summed E-state index contributed by atoms with van der Waals surface area (Å²) in [7, 11) is 0. The molecule has 3 heterocycles. The summed E-state index contributed by atoms with van der Waals surface area (Å²) in [6.07, 6.45) is 2.03. The fourth-order valence-electron chi connectivity index (χ4n) is 3.02. The first-order valence-electron chi connectivity index (χ1n) is 5.67. The van der Waals surface area contributed by atoms with Gasteiger partial charge in [-0.15, -0.1) is 0 Å². The van der Waals surface area contributed by atoms with Crippen LogP contribution < -0.4 is 5.56 Å². The lowest BCUT2D eigenvalue weighted by Crippen LogP contribution is -2.46. The number of hydrogen-bond donors (Lipinski definition) is 0. The van der Waals surface area contributed by atoms with E-state index in [1.54, 1.807) is 6.07 Å². The normalized spacial score (nSPS) is 27.4. The van der Waals surface area contributed by atoms with Gasteiger partial charge in [-0.3, -0.25) is 9.59 Å². The van der Waals surface area contributed by atoms with E-state index in [1.807, 2.05) is 21.6 Å². The molecule has 0 unspecified atom stereocenters. The van der Waals surface area contributed by atoms with Crippen LogP contribution in [0, 0.1) is 5.92 Å². The second kappa shape index (κ2) is 3.47. The minimum Gasteiger partial charge on any atom is -0.344 e. The van der Waals surface area contributed by atoms with Gasteiger partial charge in [0, 0.05) is 37.3 Å². The fourth-order valence-corrected chi connectivity index (χ4v) is 3.02. The molecule has 2 bridgehead atoms. The monoisotopic (exact) mass is 218 g/mol. The fraction of sp³-hybridized carbons (Fsp3) is 0.500. The number of aromatic nitrogens is 1. The summed E-state index contributed by atoms with van der Waals surface area (Å²) in [5.74, 6) is 0.781. The van der Waals surface area contributed by atoms with Crippen molar-refractivity contribution in [3.8, 4) is 0 Å². The number of rotatable bonds is 1. The van der Waals surface area contributed by atoms with Crippen LogP contribution in [0.5, 0.6) is 0 Å². The molecule has 1 saturated heterocycles. The Kier molecular flexibility index (Phi) is 2.09. The maximum atomic E-state index is 11.7. The third-order valence-corrected chi connectivity index (χ3v) is 3.66. The second-order valence-electron chi connectivity index (χ2n) is 4.76. The maximum Gasteiger partial charge on any atom is 0.250 e. The van der Waals surface area contributed by atoms with E-state index < -0.39 is 0 Å². The topological polar surface area (TPSA) is 42.3 Å². The molecule has 16 heavy (non-hydrogen) atoms. The molecular weight excluding hydrogens is 204 g/mol. The number of nitrogens with zero attached hydrogens (tertiary/aromatic N) is 2. The Morgan fingerprint density at radius 1 is 1.25 bits per heavy atom. The average molecular weight is 218 g/mol. The van der Waals surface area contributed by atoms with Gasteiger partial charge in [0.15, 0.2) is 0 Å². The molecule has 4 nitrogen and oxygen atoms in total. The van der Waals surface area contributed by atoms with Gasteiger partial charge >= 0.3 is 0 Å². The Labute approximate surface area is 93.5 Å². The van der Waals surface area contributed by atoms with Crippen LogP contribution in [0.1, 0.15) is 18.0 Å². The molecule has 0 aromatic carbocycles. The smallest absolute Gasteiger partial charge is 0.250 e. The highest BCUT2D eigenvalue weighted by molar-refractivity contribution is 5.47. The summed E-state index contributed by atoms with van der Waals surface area (Å²) in [5, 5.41) is 0. The van der Waals surface area contributed by atoms with Gasteiger partial charge in [0.2, 0.25) is 6.41 Å². The minimum absolute atomic E-state index is 0.0896. The Hall–Kier alpha value is -1.58. The summed E-state index contributed by atoms with van der Waals surface area (Å²) in [6, 6.07) is 5.44. The molecule has 0 saturated carbocycles. The first kappa shape index (κ1) is 9.63. The lowest BCUT2D eigenvalue weighted by atomic mass is 9.83. The number of piperidine rings is 1. The average Bonchev–Trinajstić information content (AvgIpc) is 2.30. The molecule has 4 heteroatoms. The highest BCUT2D eigenvalue weighted by atomic mass is 16.1. The van der Waals surface area contributed by atoms with Gasteiger partial charge in [0.05, 0.1) is 0 Å². The van der Waals surface area contributed by atoms with Crippen molar-refractivity contribution in [2.45, 2.75) is 18.9 Å². The van der Waals surface area contributed by atoms with Gasteiger partial charge < -0.3 is 9.47 Å². The zero-order valence-corrected chi connectivity index (χ0v) is 9.00. The molecule has 0 radical (unpaired) electrons. The standard InChI is InChI=1S/C12H14N2O2/c15-8-13-5-9-4-10(7-13)11-2-1-3-12(16)14(11)6-9/h1-3,8-10H,4-7H2/t9-,10+/m0/s1. The van der Waals surface area contributed by atoms with Gasteiger partial charge in [0.25, 0.3) is 5.56 Å². The van der Waals surface area contributed by atoms with Gasteiger partial charge in [0.1, 0.15) is 0 Å². The molecule has 2 atom stereocenters. The van der Waals surface area contributed by atoms with Crippen molar-refractivity contribution in [3.05, 3.63) is 34.2 Å². The summed E-state index contributed by atoms with van der Waals surface area (Å²) < 4.78 is 1.88. The van der Waals surface area contributed by atoms with Gasteiger partial charge in [-0.2, -0.15) is 0 Å². The zero-order valence-electron chi connectivity index (χ0n) is 9.00. The number of carbonyl (C=O) groups excluding carboxylic acids is 1. The molecule has 84 valence electrons. The van der Waals surface area contributed by atoms with Crippen molar-refractivity contribution < 1.29 is 4.79 Å². The molecule has 0 spiro atoms. The Balaban J connectivity index is 2.05. The third-order valence-electron chi connectivity index (χ3n) is 3.66. The lowest BCUT2D eigenvalue weighted by Gasteiger charge is -2.41. The molecule has 1 fully saturated rings. The van der Waals surface area contributed by atoms with Crippen LogP contribution >= 0.6 is 0 Å². The van der Waals surface area contributed by atoms with E-state index in [2.05, 4.69) is 0 Å². The van der Waals surface area contributed by atoms with E-state index in [9.17, 15) is 9.59 Å². The van der Waals surface area contributed by atoms with Crippen LogP contribution in [-0.2, 0) is 11.3 Å². The Bertz CT molecular complexity index is 480. The van der Waals surface area contributed by atoms with Gasteiger partial charge in [-0.1, -0.05) is 6.07 Å². The molecule has 0 N–H and O–H groups in total. The summed E-state index contributed by atoms with van der Waals surface area (Å²) in [6.45, 7) is 2.31. The van der Waals surface area contributed by atoms with E-state index in [0.717, 1.165) is 38.2 Å². The van der Waals surface area contributed by atoms with E-state index >= 15 is 0 Å². The second-order valence-corrected chi connectivity index (χ2v) is 4.76. The van der Waals surface area contributed by atoms with Crippen molar-refractivity contribution in [3.63, 3.8) is 0 Å². The minimum atomic E-state index is 0.0896. The Morgan fingerprint density at radius 2 is 2.12 bits per heavy atom. The van der Waals surface area contributed by atoms with Crippen LogP contribution in [0.25, 0.3) is 0 Å². The quantitative estimate of drug-likeness (QED) is 0.641. The molecular formula is C12H14N2O2. The number of hydrogen-bond acceptors (Lipinski definition) is 2. The van der Waals surface area contributed by atoms with Crippen molar-refractivity contribution in [1.82, 2.24) is 9.47 Å². The van der Waals surface area contributed by atoms with Crippen molar-refractivity contribution >= 4 is 6.41 Å². The van der Waals surface area contributed by atoms with Crippen LogP contribution in [-0.4, -0.2) is 29.0 Å². The first-order chi connectivity index (χ1) is 7.78. The maximum absolute atomic E-state index is 11.7. The highest BCUT2D eigenvalue weighted by Crippen LogP contribution is 2.34. The number of fused-ring (bicyclic) bond motifs is 4. The largest absolute Gasteiger partial charge is 0.344 e. The molecule has 3 rings (SSSR count). The molecule has 1 aromatic rings. The number of likely N-dealkylation sites (tertiary alicyclic amines) is 1. The molecule has 2 aliphatic rings. The van der Waals surface area contributed by atoms with E-state index in [4.69, 9.17) is 0 Å². The van der Waals surface area contributed by atoms with Gasteiger partial charge in [-0.05, 0) is 18.4 Å². The zero-order chi connectivity index (χ0) is 11.1. The highest BCUT2D eigenvalue weighted by Gasteiger charge is 2.33. The van der Waals surface area contributed by atoms with E-state index in [0.29, 0.717) is 11.8 Å². The van der Waals surface area contributed by atoms with Crippen LogP contribution in [0.2, 0.25) is 0 Å². The molecule has 2 aliphatic heterocycles. The predicted molar refractivity (Wildman–Crippen MR) is 59.2 cm³/mol. The van der Waals surface area contributed by atoms with Crippen LogP contribution in [0.4, 0.5) is 0 Å². The number of pyridine rings is 1. The first-order valence-corrected chi connectivity index (χ1v) is 5.67. The van der Waals surface area contributed by atoms with E-state index in [1.165, 1.54) is 0 Å². The molecule has 0 aliphatic carbocycles. The Morgan fingerprint density at radius 3 is 2.94 bits per heavy atom. The van der Waals surface area contributed by atoms with Crippen molar-refractivity contribution in [2.24, 2.45) is 5.92 Å². The third kappa shape index (κ3) is 1.37. The van der Waals surface area contributed by atoms with Crippen LogP contribution in [0.15, 0.2) is 23.0 Å². The number of carbonyl (C=O) groups is 1. The summed E-state index contributed by atoms with van der Waals surface area (Å²) in [4.78, 5) is 24.4. The summed E-state index contributed by atoms with van der Waals surface area (Å²) >= 11 is 0. The molecule has 1 amide bonds. The van der Waals surface area contributed by atoms with Crippen molar-refractivity contribution in [1.29, 1.82) is 0 Å². The van der Waals surface area contributed by atoms with Crippen molar-refractivity contribution in [2.75, 3.05) is 13.1 Å². The van der Waals surface area contributed by atoms with Gasteiger partial charge in [-0.25, -0.2) is 0 Å². The lowest BCUT2D eigenvalue weighted by molar-refractivity contribution is -0.120.